The van der Waals surface area contributed by atoms with Crippen molar-refractivity contribution in [3.05, 3.63) is 169 Å². The van der Waals surface area contributed by atoms with E-state index in [1.54, 1.807) is 0 Å². The Hall–Kier alpha value is -5.38. The standard InChI is InChI=1S/C42H28N2S/c1-2-10-29(11-3-1)43-37-15-7-4-12-31(37)34-24-27(18-21-39(34)43)28-19-22-40-35(25-28)32-13-5-8-16-38(32)44(40)30-20-23-42-36(26-30)33-14-6-9-17-41(33)45-42/h1-26,34,39H. The first-order valence-corrected chi connectivity index (χ1v) is 16.4. The van der Waals surface area contributed by atoms with Crippen LogP contribution in [-0.2, 0) is 0 Å². The molecule has 2 aromatic heterocycles. The van der Waals surface area contributed by atoms with Crippen LogP contribution in [0, 0.1) is 0 Å². The Morgan fingerprint density at radius 2 is 1.29 bits per heavy atom. The third-order valence-electron chi connectivity index (χ3n) is 9.71. The van der Waals surface area contributed by atoms with E-state index in [4.69, 9.17) is 0 Å². The Bertz CT molecular complexity index is 2510. The molecule has 1 aliphatic carbocycles. The van der Waals surface area contributed by atoms with Crippen LogP contribution in [0.15, 0.2) is 158 Å². The maximum absolute atomic E-state index is 2.49. The molecule has 3 heteroatoms. The molecule has 0 bridgehead atoms. The van der Waals surface area contributed by atoms with Gasteiger partial charge >= 0.3 is 0 Å². The molecule has 2 nitrogen and oxygen atoms in total. The zero-order valence-corrected chi connectivity index (χ0v) is 25.3. The van der Waals surface area contributed by atoms with Gasteiger partial charge < -0.3 is 9.47 Å². The summed E-state index contributed by atoms with van der Waals surface area (Å²) < 4.78 is 5.10. The molecule has 0 spiro atoms. The van der Waals surface area contributed by atoms with Crippen LogP contribution in [0.2, 0.25) is 0 Å². The van der Waals surface area contributed by atoms with Crippen LogP contribution in [-0.4, -0.2) is 10.6 Å². The van der Waals surface area contributed by atoms with E-state index in [1.165, 1.54) is 75.7 Å². The molecule has 45 heavy (non-hydrogen) atoms. The lowest BCUT2D eigenvalue weighted by atomic mass is 9.86. The summed E-state index contributed by atoms with van der Waals surface area (Å²) in [5.41, 5.74) is 10.1. The fraction of sp³-hybridized carbons (Fsp3) is 0.0476. The van der Waals surface area contributed by atoms with Crippen LogP contribution in [0.3, 0.4) is 0 Å². The van der Waals surface area contributed by atoms with Crippen LogP contribution >= 0.6 is 11.3 Å². The number of anilines is 2. The Labute approximate surface area is 265 Å². The van der Waals surface area contributed by atoms with Crippen molar-refractivity contribution in [2.45, 2.75) is 12.0 Å². The van der Waals surface area contributed by atoms with Crippen molar-refractivity contribution in [2.75, 3.05) is 4.90 Å². The highest BCUT2D eigenvalue weighted by Gasteiger charge is 2.38. The van der Waals surface area contributed by atoms with Gasteiger partial charge in [-0.25, -0.2) is 0 Å². The van der Waals surface area contributed by atoms with E-state index in [0.29, 0.717) is 5.92 Å². The summed E-state index contributed by atoms with van der Waals surface area (Å²) in [4.78, 5) is 2.49. The van der Waals surface area contributed by atoms with Gasteiger partial charge in [0.05, 0.1) is 17.1 Å². The largest absolute Gasteiger partial charge is 0.333 e. The fourth-order valence-electron chi connectivity index (χ4n) is 7.72. The number of rotatable bonds is 3. The molecule has 8 aromatic rings. The number of hydrogen-bond acceptors (Lipinski definition) is 2. The lowest BCUT2D eigenvalue weighted by molar-refractivity contribution is 0.747. The first-order valence-electron chi connectivity index (χ1n) is 15.6. The minimum Gasteiger partial charge on any atom is -0.333 e. The van der Waals surface area contributed by atoms with Gasteiger partial charge in [-0.05, 0) is 77.4 Å². The maximum Gasteiger partial charge on any atom is 0.0630 e. The Balaban J connectivity index is 1.11. The molecule has 0 saturated carbocycles. The number of aromatic nitrogens is 1. The Morgan fingerprint density at radius 1 is 0.533 bits per heavy atom. The summed E-state index contributed by atoms with van der Waals surface area (Å²) in [6.07, 6.45) is 7.22. The normalized spacial score (nSPS) is 17.3. The number of nitrogens with zero attached hydrogens (tertiary/aromatic N) is 2. The molecule has 2 aliphatic rings. The van der Waals surface area contributed by atoms with Crippen LogP contribution < -0.4 is 4.90 Å². The third-order valence-corrected chi connectivity index (χ3v) is 10.9. The van der Waals surface area contributed by atoms with E-state index in [2.05, 4.69) is 167 Å². The third kappa shape index (κ3) is 3.68. The van der Waals surface area contributed by atoms with Gasteiger partial charge in [0.25, 0.3) is 0 Å². The summed E-state index contributed by atoms with van der Waals surface area (Å²) in [7, 11) is 0. The van der Waals surface area contributed by atoms with Crippen LogP contribution in [0.25, 0.3) is 53.2 Å². The van der Waals surface area contributed by atoms with Gasteiger partial charge in [0.15, 0.2) is 0 Å². The molecule has 0 saturated heterocycles. The molecule has 0 amide bonds. The zero-order chi connectivity index (χ0) is 29.5. The van der Waals surface area contributed by atoms with Gasteiger partial charge in [0.1, 0.15) is 0 Å². The van der Waals surface area contributed by atoms with Crippen molar-refractivity contribution in [3.63, 3.8) is 0 Å². The Morgan fingerprint density at radius 3 is 2.22 bits per heavy atom. The molecule has 10 rings (SSSR count). The van der Waals surface area contributed by atoms with Crippen molar-refractivity contribution >= 4 is 70.3 Å². The number of allylic oxidation sites excluding steroid dienone is 2. The average molecular weight is 593 g/mol. The maximum atomic E-state index is 2.49. The van der Waals surface area contributed by atoms with Gasteiger partial charge in [-0.15, -0.1) is 11.3 Å². The van der Waals surface area contributed by atoms with Crippen molar-refractivity contribution in [3.8, 4) is 5.69 Å². The summed E-state index contributed by atoms with van der Waals surface area (Å²) >= 11 is 1.87. The van der Waals surface area contributed by atoms with E-state index in [-0.39, 0.29) is 6.04 Å². The lowest BCUT2D eigenvalue weighted by Gasteiger charge is -2.29. The van der Waals surface area contributed by atoms with Crippen molar-refractivity contribution in [1.82, 2.24) is 4.57 Å². The lowest BCUT2D eigenvalue weighted by Crippen LogP contribution is -2.28. The van der Waals surface area contributed by atoms with E-state index in [0.717, 1.165) is 0 Å². The van der Waals surface area contributed by atoms with Crippen molar-refractivity contribution in [2.24, 2.45) is 0 Å². The van der Waals surface area contributed by atoms with Crippen molar-refractivity contribution < 1.29 is 0 Å². The zero-order valence-electron chi connectivity index (χ0n) is 24.5. The Kier molecular flexibility index (Phi) is 5.31. The van der Waals surface area contributed by atoms with Crippen LogP contribution in [0.4, 0.5) is 11.4 Å². The van der Waals surface area contributed by atoms with Crippen LogP contribution in [0.5, 0.6) is 0 Å². The van der Waals surface area contributed by atoms with E-state index >= 15 is 0 Å². The first kappa shape index (κ1) is 25.0. The molecule has 0 N–H and O–H groups in total. The van der Waals surface area contributed by atoms with Crippen molar-refractivity contribution in [1.29, 1.82) is 0 Å². The molecule has 2 unspecified atom stereocenters. The fourth-order valence-corrected chi connectivity index (χ4v) is 8.80. The summed E-state index contributed by atoms with van der Waals surface area (Å²) in [5, 5.41) is 5.22. The average Bonchev–Trinajstić information content (AvgIpc) is 3.75. The van der Waals surface area contributed by atoms with Gasteiger partial charge in [0.2, 0.25) is 0 Å². The predicted octanol–water partition coefficient (Wildman–Crippen LogP) is 11.4. The van der Waals surface area contributed by atoms with E-state index in [1.807, 2.05) is 11.3 Å². The first-order chi connectivity index (χ1) is 22.3. The summed E-state index contributed by atoms with van der Waals surface area (Å²) in [5.74, 6) is 0.297. The quantitative estimate of drug-likeness (QED) is 0.198. The number of benzene rings is 6. The molecule has 6 aromatic carbocycles. The second kappa shape index (κ2) is 9.56. The molecule has 0 fully saturated rings. The van der Waals surface area contributed by atoms with Gasteiger partial charge in [-0.1, -0.05) is 97.1 Å². The molecule has 2 atom stereocenters. The van der Waals surface area contributed by atoms with Gasteiger partial charge in [-0.3, -0.25) is 0 Å². The number of para-hydroxylation sites is 3. The highest BCUT2D eigenvalue weighted by atomic mass is 32.1. The molecule has 212 valence electrons. The minimum absolute atomic E-state index is 0.266. The molecular formula is C42H28N2S. The summed E-state index contributed by atoms with van der Waals surface area (Å²) in [6, 6.07) is 51.5. The SMILES string of the molecule is C1=CC2C(C=C1c1ccc3c(c1)c1ccccc1n3-c1ccc3sc4ccccc4c3c1)c1ccccc1N2c1ccccc1. The number of thiophene rings is 1. The van der Waals surface area contributed by atoms with E-state index in [9.17, 15) is 0 Å². The molecule has 1 aliphatic heterocycles. The molecule has 3 heterocycles. The number of hydrogen-bond donors (Lipinski definition) is 0. The van der Waals surface area contributed by atoms with Gasteiger partial charge in [0, 0.05) is 53.9 Å². The monoisotopic (exact) mass is 592 g/mol. The topological polar surface area (TPSA) is 8.17 Å². The highest BCUT2D eigenvalue weighted by Crippen LogP contribution is 2.49. The second-order valence-corrected chi connectivity index (χ2v) is 13.2. The smallest absolute Gasteiger partial charge is 0.0630 e. The highest BCUT2D eigenvalue weighted by molar-refractivity contribution is 7.25. The van der Waals surface area contributed by atoms with Crippen LogP contribution in [0.1, 0.15) is 17.0 Å². The van der Waals surface area contributed by atoms with Gasteiger partial charge in [-0.2, -0.15) is 0 Å². The predicted molar refractivity (Wildman–Crippen MR) is 192 cm³/mol. The second-order valence-electron chi connectivity index (χ2n) is 12.1. The molecular weight excluding hydrogens is 565 g/mol. The van der Waals surface area contributed by atoms with E-state index < -0.39 is 0 Å². The number of fused-ring (bicyclic) bond motifs is 9. The summed E-state index contributed by atoms with van der Waals surface area (Å²) in [6.45, 7) is 0. The minimum atomic E-state index is 0.266. The molecule has 0 radical (unpaired) electrons.